The van der Waals surface area contributed by atoms with Crippen LogP contribution in [0.25, 0.3) is 16.8 Å². The van der Waals surface area contributed by atoms with Crippen LogP contribution in [0.5, 0.6) is 0 Å². The van der Waals surface area contributed by atoms with Crippen LogP contribution in [0.2, 0.25) is 0 Å². The molecule has 0 spiro atoms. The molecule has 0 unspecified atom stereocenters. The average molecular weight is 403 g/mol. The van der Waals surface area contributed by atoms with Gasteiger partial charge >= 0.3 is 0 Å². The van der Waals surface area contributed by atoms with Crippen molar-refractivity contribution in [1.29, 1.82) is 0 Å². The summed E-state index contributed by atoms with van der Waals surface area (Å²) in [6, 6.07) is 14.0. The third-order valence-electron chi connectivity index (χ3n) is 5.41. The van der Waals surface area contributed by atoms with Gasteiger partial charge in [-0.3, -0.25) is 4.98 Å². The van der Waals surface area contributed by atoms with Crippen LogP contribution in [0.4, 0.5) is 4.39 Å². The van der Waals surface area contributed by atoms with Crippen LogP contribution in [0.15, 0.2) is 61.4 Å². The summed E-state index contributed by atoms with van der Waals surface area (Å²) in [5.41, 5.74) is 8.38. The molecule has 3 aromatic rings. The lowest BCUT2D eigenvalue weighted by molar-refractivity contribution is 0.615. The highest BCUT2D eigenvalue weighted by atomic mass is 19.1. The number of hydrogen-bond acceptors (Lipinski definition) is 2. The summed E-state index contributed by atoms with van der Waals surface area (Å²) in [7, 11) is 0. The third kappa shape index (κ3) is 5.15. The zero-order valence-electron chi connectivity index (χ0n) is 18.4. The lowest BCUT2D eigenvalue weighted by Gasteiger charge is -2.18. The molecule has 0 saturated carbocycles. The Morgan fingerprint density at radius 2 is 1.90 bits per heavy atom. The third-order valence-corrected chi connectivity index (χ3v) is 5.41. The lowest BCUT2D eigenvalue weighted by atomic mass is 9.91. The molecule has 30 heavy (non-hydrogen) atoms. The summed E-state index contributed by atoms with van der Waals surface area (Å²) < 4.78 is 13.9. The van der Waals surface area contributed by atoms with Gasteiger partial charge in [0, 0.05) is 35.8 Å². The number of nitrogens with zero attached hydrogens (tertiary/aromatic N) is 1. The molecular weight excluding hydrogens is 371 g/mol. The first-order chi connectivity index (χ1) is 14.4. The Labute approximate surface area is 179 Å². The van der Waals surface area contributed by atoms with Crippen molar-refractivity contribution in [3.63, 3.8) is 0 Å². The molecule has 3 rings (SSSR count). The van der Waals surface area contributed by atoms with Gasteiger partial charge in [0.25, 0.3) is 0 Å². The molecule has 1 heterocycles. The van der Waals surface area contributed by atoms with Crippen molar-refractivity contribution in [2.24, 2.45) is 5.92 Å². The fourth-order valence-corrected chi connectivity index (χ4v) is 3.68. The molecule has 0 atom stereocenters. The first-order valence-corrected chi connectivity index (χ1v) is 10.6. The first kappa shape index (κ1) is 21.8. The molecule has 2 aromatic carbocycles. The molecule has 0 aliphatic rings. The standard InChI is InChI=1S/C27H31FN2/c1-6-22-11-12-29-17-26(22)24-10-9-23(13-18(2)3)25(15-24)20(5)30-16-21-8-7-19(4)27(28)14-21/h7-12,14-15,17-18,30H,5-6,13,16H2,1-4H3. The highest BCUT2D eigenvalue weighted by Gasteiger charge is 2.12. The zero-order valence-corrected chi connectivity index (χ0v) is 18.4. The summed E-state index contributed by atoms with van der Waals surface area (Å²) in [4.78, 5) is 4.33. The largest absolute Gasteiger partial charge is 0.381 e. The van der Waals surface area contributed by atoms with Crippen molar-refractivity contribution < 1.29 is 4.39 Å². The van der Waals surface area contributed by atoms with E-state index in [1.807, 2.05) is 24.5 Å². The summed E-state index contributed by atoms with van der Waals surface area (Å²) in [6.45, 7) is 13.2. The first-order valence-electron chi connectivity index (χ1n) is 10.6. The van der Waals surface area contributed by atoms with Gasteiger partial charge in [0.1, 0.15) is 5.82 Å². The molecule has 1 aromatic heterocycles. The number of halogens is 1. The van der Waals surface area contributed by atoms with Gasteiger partial charge < -0.3 is 5.32 Å². The normalized spacial score (nSPS) is 11.0. The van der Waals surface area contributed by atoms with Gasteiger partial charge in [-0.2, -0.15) is 0 Å². The number of aromatic nitrogens is 1. The second kappa shape index (κ2) is 9.71. The molecule has 156 valence electrons. The summed E-state index contributed by atoms with van der Waals surface area (Å²) in [6.07, 6.45) is 5.71. The van der Waals surface area contributed by atoms with E-state index >= 15 is 0 Å². The number of benzene rings is 2. The molecule has 0 amide bonds. The Hall–Kier alpha value is -2.94. The van der Waals surface area contributed by atoms with E-state index in [2.05, 4.69) is 61.9 Å². The van der Waals surface area contributed by atoms with Gasteiger partial charge in [-0.1, -0.05) is 51.6 Å². The minimum absolute atomic E-state index is 0.175. The van der Waals surface area contributed by atoms with E-state index < -0.39 is 0 Å². The van der Waals surface area contributed by atoms with Crippen molar-refractivity contribution in [1.82, 2.24) is 10.3 Å². The highest BCUT2D eigenvalue weighted by molar-refractivity contribution is 5.74. The molecule has 0 bridgehead atoms. The Bertz CT molecular complexity index is 1040. The van der Waals surface area contributed by atoms with Gasteiger partial charge in [0.05, 0.1) is 0 Å². The topological polar surface area (TPSA) is 24.9 Å². The van der Waals surface area contributed by atoms with Gasteiger partial charge in [0.2, 0.25) is 0 Å². The van der Waals surface area contributed by atoms with E-state index in [9.17, 15) is 4.39 Å². The Morgan fingerprint density at radius 3 is 2.60 bits per heavy atom. The Balaban J connectivity index is 1.91. The van der Waals surface area contributed by atoms with Crippen LogP contribution >= 0.6 is 0 Å². The molecular formula is C27H31FN2. The average Bonchev–Trinajstić information content (AvgIpc) is 2.74. The molecule has 3 heteroatoms. The predicted molar refractivity (Wildman–Crippen MR) is 125 cm³/mol. The van der Waals surface area contributed by atoms with Crippen LogP contribution in [0.1, 0.15) is 48.6 Å². The second-order valence-corrected chi connectivity index (χ2v) is 8.27. The van der Waals surface area contributed by atoms with E-state index in [1.165, 1.54) is 11.1 Å². The van der Waals surface area contributed by atoms with E-state index in [4.69, 9.17) is 0 Å². The molecule has 0 radical (unpaired) electrons. The maximum Gasteiger partial charge on any atom is 0.126 e. The lowest BCUT2D eigenvalue weighted by Crippen LogP contribution is -2.13. The number of aryl methyl sites for hydroxylation is 2. The second-order valence-electron chi connectivity index (χ2n) is 8.27. The minimum atomic E-state index is -0.175. The predicted octanol–water partition coefficient (Wildman–Crippen LogP) is 6.72. The van der Waals surface area contributed by atoms with Gasteiger partial charge in [-0.05, 0) is 71.7 Å². The maximum atomic E-state index is 13.9. The summed E-state index contributed by atoms with van der Waals surface area (Å²) >= 11 is 0. The van der Waals surface area contributed by atoms with Gasteiger partial charge in [-0.25, -0.2) is 4.39 Å². The smallest absolute Gasteiger partial charge is 0.126 e. The van der Waals surface area contributed by atoms with E-state index in [0.717, 1.165) is 40.8 Å². The van der Waals surface area contributed by atoms with Crippen molar-refractivity contribution in [2.45, 2.75) is 47.1 Å². The van der Waals surface area contributed by atoms with Crippen LogP contribution in [0.3, 0.4) is 0 Å². The number of pyridine rings is 1. The molecule has 1 N–H and O–H groups in total. The van der Waals surface area contributed by atoms with Gasteiger partial charge in [-0.15, -0.1) is 0 Å². The molecule has 0 fully saturated rings. The fraction of sp³-hybridized carbons (Fsp3) is 0.296. The van der Waals surface area contributed by atoms with Crippen LogP contribution in [0, 0.1) is 18.7 Å². The molecule has 2 nitrogen and oxygen atoms in total. The SMILES string of the molecule is C=C(NCc1ccc(C)c(F)c1)c1cc(-c2cnccc2CC)ccc1CC(C)C. The van der Waals surface area contributed by atoms with Crippen molar-refractivity contribution >= 4 is 5.70 Å². The van der Waals surface area contributed by atoms with E-state index in [0.29, 0.717) is 18.0 Å². The summed E-state index contributed by atoms with van der Waals surface area (Å²) in [5, 5.41) is 3.41. The minimum Gasteiger partial charge on any atom is -0.381 e. The quantitative estimate of drug-likeness (QED) is 0.452. The van der Waals surface area contributed by atoms with Crippen LogP contribution in [-0.2, 0) is 19.4 Å². The van der Waals surface area contributed by atoms with E-state index in [1.54, 1.807) is 13.0 Å². The zero-order chi connectivity index (χ0) is 21.7. The monoisotopic (exact) mass is 402 g/mol. The summed E-state index contributed by atoms with van der Waals surface area (Å²) in [5.74, 6) is 0.365. The van der Waals surface area contributed by atoms with Crippen LogP contribution in [-0.4, -0.2) is 4.98 Å². The van der Waals surface area contributed by atoms with Crippen molar-refractivity contribution in [3.05, 3.63) is 95.1 Å². The molecule has 0 aliphatic carbocycles. The number of hydrogen-bond donors (Lipinski definition) is 1. The number of nitrogens with one attached hydrogen (secondary N) is 1. The van der Waals surface area contributed by atoms with Gasteiger partial charge in [0.15, 0.2) is 0 Å². The van der Waals surface area contributed by atoms with Crippen molar-refractivity contribution in [2.75, 3.05) is 0 Å². The molecule has 0 saturated heterocycles. The van der Waals surface area contributed by atoms with Crippen molar-refractivity contribution in [3.8, 4) is 11.1 Å². The van der Waals surface area contributed by atoms with Crippen LogP contribution < -0.4 is 5.32 Å². The van der Waals surface area contributed by atoms with E-state index in [-0.39, 0.29) is 5.82 Å². The number of rotatable bonds is 8. The molecule has 0 aliphatic heterocycles. The highest BCUT2D eigenvalue weighted by Crippen LogP contribution is 2.29. The maximum absolute atomic E-state index is 13.9. The Morgan fingerprint density at radius 1 is 1.10 bits per heavy atom. The fourth-order valence-electron chi connectivity index (χ4n) is 3.68. The Kier molecular flexibility index (Phi) is 7.04.